The zero-order valence-corrected chi connectivity index (χ0v) is 12.9. The molecule has 1 aromatic carbocycles. The Morgan fingerprint density at radius 1 is 1.50 bits per heavy atom. The summed E-state index contributed by atoms with van der Waals surface area (Å²) in [4.78, 5) is 11.7. The Hall–Kier alpha value is -0.820. The van der Waals surface area contributed by atoms with Gasteiger partial charge in [0.25, 0.3) is 0 Å². The van der Waals surface area contributed by atoms with Gasteiger partial charge in [0.1, 0.15) is 17.4 Å². The second-order valence-electron chi connectivity index (χ2n) is 5.13. The van der Waals surface area contributed by atoms with E-state index in [0.29, 0.717) is 6.42 Å². The molecule has 0 saturated heterocycles. The van der Waals surface area contributed by atoms with Gasteiger partial charge in [-0.25, -0.2) is 0 Å². The minimum absolute atomic E-state index is 0.227. The van der Waals surface area contributed by atoms with Crippen LogP contribution in [0, 0.1) is 3.57 Å². The van der Waals surface area contributed by atoms with E-state index < -0.39 is 17.6 Å². The number of benzene rings is 1. The zero-order valence-electron chi connectivity index (χ0n) is 10.7. The lowest BCUT2D eigenvalue weighted by Crippen LogP contribution is -2.38. The Morgan fingerprint density at radius 3 is 2.61 bits per heavy atom. The van der Waals surface area contributed by atoms with Crippen molar-refractivity contribution in [2.45, 2.75) is 38.8 Å². The summed E-state index contributed by atoms with van der Waals surface area (Å²) in [6.45, 7) is 5.42. The normalized spacial score (nSPS) is 13.2. The number of carbonyl (C=O) groups excluding carboxylic acids is 1. The highest BCUT2D eigenvalue weighted by molar-refractivity contribution is 14.1. The molecular formula is C13H18INO3. The van der Waals surface area contributed by atoms with Gasteiger partial charge < -0.3 is 15.6 Å². The lowest BCUT2D eigenvalue weighted by Gasteiger charge is -2.22. The van der Waals surface area contributed by atoms with Crippen LogP contribution in [0.3, 0.4) is 0 Å². The Morgan fingerprint density at radius 2 is 2.11 bits per heavy atom. The molecule has 0 spiro atoms. The summed E-state index contributed by atoms with van der Waals surface area (Å²) in [5, 5.41) is 9.41. The van der Waals surface area contributed by atoms with Crippen molar-refractivity contribution >= 4 is 28.6 Å². The van der Waals surface area contributed by atoms with Crippen molar-refractivity contribution in [3.63, 3.8) is 0 Å². The number of carbonyl (C=O) groups is 1. The first kappa shape index (κ1) is 15.2. The maximum absolute atomic E-state index is 11.7. The number of esters is 1. The van der Waals surface area contributed by atoms with E-state index >= 15 is 0 Å². The Labute approximate surface area is 121 Å². The topological polar surface area (TPSA) is 72.5 Å². The highest BCUT2D eigenvalue weighted by atomic mass is 127. The number of nitrogens with two attached hydrogens (primary N) is 1. The molecule has 0 aliphatic rings. The van der Waals surface area contributed by atoms with Gasteiger partial charge in [-0.05, 0) is 67.5 Å². The van der Waals surface area contributed by atoms with Crippen LogP contribution >= 0.6 is 22.6 Å². The fourth-order valence-electron chi connectivity index (χ4n) is 1.39. The third-order valence-electron chi connectivity index (χ3n) is 2.18. The molecule has 0 aliphatic heterocycles. The third-order valence-corrected chi connectivity index (χ3v) is 3.04. The molecule has 0 heterocycles. The molecule has 1 aromatic rings. The quantitative estimate of drug-likeness (QED) is 0.638. The molecule has 5 heteroatoms. The smallest absolute Gasteiger partial charge is 0.323 e. The molecule has 0 unspecified atom stereocenters. The van der Waals surface area contributed by atoms with Gasteiger partial charge in [-0.15, -0.1) is 0 Å². The lowest BCUT2D eigenvalue weighted by atomic mass is 10.1. The van der Waals surface area contributed by atoms with E-state index in [1.807, 2.05) is 22.6 Å². The van der Waals surface area contributed by atoms with Crippen molar-refractivity contribution < 1.29 is 14.6 Å². The highest BCUT2D eigenvalue weighted by Crippen LogP contribution is 2.21. The summed E-state index contributed by atoms with van der Waals surface area (Å²) >= 11 is 2.03. The number of halogens is 1. The van der Waals surface area contributed by atoms with Crippen molar-refractivity contribution in [3.05, 3.63) is 27.3 Å². The number of hydrogen-bond donors (Lipinski definition) is 2. The average Bonchev–Trinajstić information content (AvgIpc) is 2.21. The molecule has 3 N–H and O–H groups in total. The molecule has 0 aromatic heterocycles. The van der Waals surface area contributed by atoms with Gasteiger partial charge in [-0.2, -0.15) is 0 Å². The molecule has 1 rings (SSSR count). The summed E-state index contributed by atoms with van der Waals surface area (Å²) in [6, 6.07) is 4.46. The molecule has 1 atom stereocenters. The maximum Gasteiger partial charge on any atom is 0.323 e. The van der Waals surface area contributed by atoms with E-state index in [4.69, 9.17) is 10.5 Å². The fraction of sp³-hybridized carbons (Fsp3) is 0.462. The van der Waals surface area contributed by atoms with E-state index in [1.54, 1.807) is 39.0 Å². The van der Waals surface area contributed by atoms with Crippen molar-refractivity contribution in [2.24, 2.45) is 5.73 Å². The van der Waals surface area contributed by atoms with E-state index in [0.717, 1.165) is 9.13 Å². The molecule has 0 radical (unpaired) electrons. The minimum Gasteiger partial charge on any atom is -0.507 e. The summed E-state index contributed by atoms with van der Waals surface area (Å²) < 4.78 is 5.95. The van der Waals surface area contributed by atoms with Gasteiger partial charge in [-0.1, -0.05) is 6.07 Å². The van der Waals surface area contributed by atoms with Crippen LogP contribution in [0.4, 0.5) is 0 Å². The van der Waals surface area contributed by atoms with E-state index in [1.165, 1.54) is 0 Å². The Bertz CT molecular complexity index is 440. The van der Waals surface area contributed by atoms with Crippen LogP contribution in [-0.2, 0) is 16.0 Å². The fourth-order valence-corrected chi connectivity index (χ4v) is 1.97. The van der Waals surface area contributed by atoms with Crippen LogP contribution < -0.4 is 5.73 Å². The van der Waals surface area contributed by atoms with Crippen LogP contribution in [0.2, 0.25) is 0 Å². The number of aromatic hydroxyl groups is 1. The van der Waals surface area contributed by atoms with E-state index in [2.05, 4.69) is 0 Å². The molecule has 0 bridgehead atoms. The van der Waals surface area contributed by atoms with Gasteiger partial charge >= 0.3 is 5.97 Å². The molecule has 0 aliphatic carbocycles. The van der Waals surface area contributed by atoms with Gasteiger partial charge in [0.05, 0.1) is 3.57 Å². The summed E-state index contributed by atoms with van der Waals surface area (Å²) in [5.74, 6) is -0.184. The summed E-state index contributed by atoms with van der Waals surface area (Å²) in [7, 11) is 0. The van der Waals surface area contributed by atoms with Crippen molar-refractivity contribution in [1.82, 2.24) is 0 Å². The molecule has 4 nitrogen and oxygen atoms in total. The number of rotatable bonds is 3. The number of phenolic OH excluding ortho intramolecular Hbond substituents is 1. The standard InChI is InChI=1S/C13H18INO3/c1-13(2,3)18-12(17)10(15)7-8-4-5-11(16)9(14)6-8/h4-6,10,16H,7,15H2,1-3H3/t10-/m0/s1. The van der Waals surface area contributed by atoms with Crippen molar-refractivity contribution in [3.8, 4) is 5.75 Å². The third kappa shape index (κ3) is 4.81. The molecule has 100 valence electrons. The van der Waals surface area contributed by atoms with Crippen LogP contribution in [0.5, 0.6) is 5.75 Å². The minimum atomic E-state index is -0.690. The molecule has 0 fully saturated rings. The summed E-state index contributed by atoms with van der Waals surface area (Å²) in [5.41, 5.74) is 6.17. The molecule has 18 heavy (non-hydrogen) atoms. The van der Waals surface area contributed by atoms with Crippen LogP contribution in [0.25, 0.3) is 0 Å². The first-order valence-corrected chi connectivity index (χ1v) is 6.73. The SMILES string of the molecule is CC(C)(C)OC(=O)[C@@H](N)Cc1ccc(O)c(I)c1. The Kier molecular flexibility index (Phi) is 4.98. The first-order valence-electron chi connectivity index (χ1n) is 5.65. The second kappa shape index (κ2) is 5.88. The van der Waals surface area contributed by atoms with Gasteiger partial charge in [0, 0.05) is 0 Å². The van der Waals surface area contributed by atoms with Gasteiger partial charge in [0.2, 0.25) is 0 Å². The Balaban J connectivity index is 2.66. The largest absolute Gasteiger partial charge is 0.507 e. The maximum atomic E-state index is 11.7. The van der Waals surface area contributed by atoms with Crippen LogP contribution in [-0.4, -0.2) is 22.7 Å². The van der Waals surface area contributed by atoms with Gasteiger partial charge in [-0.3, -0.25) is 4.79 Å². The van der Waals surface area contributed by atoms with Gasteiger partial charge in [0.15, 0.2) is 0 Å². The highest BCUT2D eigenvalue weighted by Gasteiger charge is 2.22. The molecule has 0 saturated carbocycles. The first-order chi connectivity index (χ1) is 8.19. The van der Waals surface area contributed by atoms with Crippen molar-refractivity contribution in [1.29, 1.82) is 0 Å². The predicted octanol–water partition coefficient (Wildman–Crippen LogP) is 2.21. The van der Waals surface area contributed by atoms with Crippen molar-refractivity contribution in [2.75, 3.05) is 0 Å². The molecule has 0 amide bonds. The predicted molar refractivity (Wildman–Crippen MR) is 78.3 cm³/mol. The van der Waals surface area contributed by atoms with E-state index in [9.17, 15) is 9.90 Å². The van der Waals surface area contributed by atoms with Crippen LogP contribution in [0.1, 0.15) is 26.3 Å². The van der Waals surface area contributed by atoms with E-state index in [-0.39, 0.29) is 5.75 Å². The average molecular weight is 363 g/mol. The number of hydrogen-bond acceptors (Lipinski definition) is 4. The second-order valence-corrected chi connectivity index (χ2v) is 6.29. The monoisotopic (exact) mass is 363 g/mol. The lowest BCUT2D eigenvalue weighted by molar-refractivity contribution is -0.156. The molecular weight excluding hydrogens is 345 g/mol. The summed E-state index contributed by atoms with van der Waals surface area (Å²) in [6.07, 6.45) is 0.394. The number of phenols is 1. The van der Waals surface area contributed by atoms with Crippen LogP contribution in [0.15, 0.2) is 18.2 Å². The number of ether oxygens (including phenoxy) is 1. The zero-order chi connectivity index (χ0) is 13.9.